The van der Waals surface area contributed by atoms with E-state index >= 15 is 0 Å². The van der Waals surface area contributed by atoms with Gasteiger partial charge in [0.15, 0.2) is 0 Å². The molecule has 6 heteroatoms. The Morgan fingerprint density at radius 3 is 2.90 bits per heavy atom. The van der Waals surface area contributed by atoms with Gasteiger partial charge in [0.2, 0.25) is 0 Å². The third-order valence-corrected chi connectivity index (χ3v) is 3.97. The average molecular weight is 293 g/mol. The number of carboxylic acids is 1. The third kappa shape index (κ3) is 3.40. The number of aryl methyl sites for hydroxylation is 1. The first-order valence-electron chi connectivity index (χ1n) is 6.07. The van der Waals surface area contributed by atoms with Crippen LogP contribution in [0.5, 0.6) is 0 Å². The van der Waals surface area contributed by atoms with Gasteiger partial charge in [-0.15, -0.1) is 0 Å². The Bertz CT molecular complexity index is 695. The van der Waals surface area contributed by atoms with Crippen molar-refractivity contribution in [3.05, 3.63) is 45.8 Å². The maximum Gasteiger partial charge on any atom is 0.336 e. The van der Waals surface area contributed by atoms with Crippen molar-refractivity contribution in [2.45, 2.75) is 18.7 Å². The lowest BCUT2D eigenvalue weighted by molar-refractivity contribution is -0.137. The molecule has 0 bridgehead atoms. The van der Waals surface area contributed by atoms with Crippen LogP contribution in [-0.2, 0) is 10.5 Å². The molecule has 106 valence electrons. The highest BCUT2D eigenvalue weighted by Gasteiger charge is 2.12. The lowest BCUT2D eigenvalue weighted by atomic mass is 10.1. The number of rotatable bonds is 5. The summed E-state index contributed by atoms with van der Waals surface area (Å²) in [5.41, 5.74) is 7.44. The molecule has 0 spiro atoms. The van der Waals surface area contributed by atoms with Gasteiger partial charge in [0.1, 0.15) is 11.6 Å². The van der Waals surface area contributed by atoms with E-state index in [2.05, 4.69) is 0 Å². The van der Waals surface area contributed by atoms with Gasteiger partial charge in [0.05, 0.1) is 0 Å². The second-order valence-corrected chi connectivity index (χ2v) is 5.58. The van der Waals surface area contributed by atoms with E-state index in [1.807, 2.05) is 25.1 Å². The summed E-state index contributed by atoms with van der Waals surface area (Å²) < 4.78 is 5.17. The molecule has 1 atom stereocenters. The fourth-order valence-corrected chi connectivity index (χ4v) is 2.80. The molecule has 1 aromatic carbocycles. The molecule has 0 saturated heterocycles. The predicted molar refractivity (Wildman–Crippen MR) is 79.0 cm³/mol. The zero-order chi connectivity index (χ0) is 14.7. The van der Waals surface area contributed by atoms with Crippen LogP contribution in [0.3, 0.4) is 0 Å². The molecule has 0 saturated carbocycles. The van der Waals surface area contributed by atoms with Crippen LogP contribution in [0, 0.1) is 6.92 Å². The number of nitrogens with two attached hydrogens (primary N) is 1. The van der Waals surface area contributed by atoms with E-state index in [0.717, 1.165) is 16.5 Å². The second kappa shape index (κ2) is 6.11. The first-order chi connectivity index (χ1) is 9.47. The molecule has 2 rings (SSSR count). The summed E-state index contributed by atoms with van der Waals surface area (Å²) in [6, 6.07) is 6.21. The average Bonchev–Trinajstić information content (AvgIpc) is 2.37. The van der Waals surface area contributed by atoms with E-state index in [-0.39, 0.29) is 0 Å². The van der Waals surface area contributed by atoms with Crippen molar-refractivity contribution in [2.75, 3.05) is 5.75 Å². The Balaban J connectivity index is 2.21. The number of thioether (sulfide) groups is 1. The normalized spacial score (nSPS) is 12.5. The molecule has 0 unspecified atom stereocenters. The van der Waals surface area contributed by atoms with Gasteiger partial charge in [0, 0.05) is 23.0 Å². The lowest BCUT2D eigenvalue weighted by Gasteiger charge is -2.08. The van der Waals surface area contributed by atoms with E-state index in [0.29, 0.717) is 17.1 Å². The van der Waals surface area contributed by atoms with Crippen molar-refractivity contribution in [3.8, 4) is 0 Å². The van der Waals surface area contributed by atoms with Crippen LogP contribution in [0.2, 0.25) is 0 Å². The van der Waals surface area contributed by atoms with Crippen molar-refractivity contribution in [3.63, 3.8) is 0 Å². The van der Waals surface area contributed by atoms with E-state index in [9.17, 15) is 9.59 Å². The van der Waals surface area contributed by atoms with Crippen molar-refractivity contribution in [2.24, 2.45) is 5.73 Å². The van der Waals surface area contributed by atoms with Crippen LogP contribution >= 0.6 is 11.8 Å². The molecule has 0 aliphatic heterocycles. The Labute approximate surface area is 119 Å². The fraction of sp³-hybridized carbons (Fsp3) is 0.286. The summed E-state index contributed by atoms with van der Waals surface area (Å²) in [5.74, 6) is -0.208. The first-order valence-corrected chi connectivity index (χ1v) is 7.22. The number of hydrogen-bond donors (Lipinski definition) is 2. The Kier molecular flexibility index (Phi) is 4.46. The molecule has 0 aliphatic rings. The van der Waals surface area contributed by atoms with Gasteiger partial charge in [-0.25, -0.2) is 4.79 Å². The number of hydrogen-bond acceptors (Lipinski definition) is 5. The number of fused-ring (bicyclic) bond motifs is 1. The summed E-state index contributed by atoms with van der Waals surface area (Å²) in [6.45, 7) is 1.92. The minimum atomic E-state index is -1.02. The molecule has 0 fully saturated rings. The predicted octanol–water partition coefficient (Wildman–Crippen LogP) is 1.75. The Morgan fingerprint density at radius 2 is 2.20 bits per heavy atom. The lowest BCUT2D eigenvalue weighted by Crippen LogP contribution is -2.32. The first kappa shape index (κ1) is 14.6. The minimum absolute atomic E-state index is 0.295. The molecule has 2 aromatic rings. The number of benzene rings is 1. The van der Waals surface area contributed by atoms with Crippen molar-refractivity contribution in [1.29, 1.82) is 0 Å². The van der Waals surface area contributed by atoms with Gasteiger partial charge in [-0.2, -0.15) is 11.8 Å². The highest BCUT2D eigenvalue weighted by Crippen LogP contribution is 2.22. The van der Waals surface area contributed by atoms with E-state index < -0.39 is 17.6 Å². The zero-order valence-electron chi connectivity index (χ0n) is 11.0. The van der Waals surface area contributed by atoms with E-state index in [4.69, 9.17) is 15.3 Å². The summed E-state index contributed by atoms with van der Waals surface area (Å²) in [7, 11) is 0. The van der Waals surface area contributed by atoms with Gasteiger partial charge >= 0.3 is 11.6 Å². The molecule has 5 nitrogen and oxygen atoms in total. The Hall–Kier alpha value is -1.79. The van der Waals surface area contributed by atoms with Gasteiger partial charge < -0.3 is 15.3 Å². The zero-order valence-corrected chi connectivity index (χ0v) is 11.8. The summed E-state index contributed by atoms with van der Waals surface area (Å²) in [6.07, 6.45) is 0. The van der Waals surface area contributed by atoms with E-state index in [1.54, 1.807) is 0 Å². The van der Waals surface area contributed by atoms with Crippen molar-refractivity contribution in [1.82, 2.24) is 0 Å². The number of aliphatic carboxylic acids is 1. The quantitative estimate of drug-likeness (QED) is 0.816. The van der Waals surface area contributed by atoms with E-state index in [1.165, 1.54) is 17.8 Å². The molecule has 1 aromatic heterocycles. The van der Waals surface area contributed by atoms with Crippen LogP contribution < -0.4 is 11.4 Å². The molecule has 3 N–H and O–H groups in total. The molecule has 0 aliphatic carbocycles. The molecular formula is C14H15NO4S. The molecule has 0 amide bonds. The number of carbonyl (C=O) groups is 1. The smallest absolute Gasteiger partial charge is 0.336 e. The maximum atomic E-state index is 11.5. The molecule has 0 radical (unpaired) electrons. The van der Waals surface area contributed by atoms with Crippen LogP contribution in [0.15, 0.2) is 33.5 Å². The van der Waals surface area contributed by atoms with Crippen LogP contribution in [-0.4, -0.2) is 22.9 Å². The van der Waals surface area contributed by atoms with Crippen LogP contribution in [0.1, 0.15) is 11.1 Å². The van der Waals surface area contributed by atoms with Gasteiger partial charge in [-0.3, -0.25) is 4.79 Å². The summed E-state index contributed by atoms with van der Waals surface area (Å²) in [5, 5.41) is 9.59. The summed E-state index contributed by atoms with van der Waals surface area (Å²) >= 11 is 1.38. The van der Waals surface area contributed by atoms with Gasteiger partial charge in [-0.05, 0) is 24.1 Å². The van der Waals surface area contributed by atoms with Gasteiger partial charge in [-0.1, -0.05) is 12.1 Å². The SMILES string of the molecule is Cc1ccc2c(CSC[C@@H](N)C(=O)O)cc(=O)oc2c1. The largest absolute Gasteiger partial charge is 0.480 e. The van der Waals surface area contributed by atoms with Crippen LogP contribution in [0.4, 0.5) is 0 Å². The monoisotopic (exact) mass is 293 g/mol. The maximum absolute atomic E-state index is 11.5. The number of carboxylic acid groups (broad SMARTS) is 1. The summed E-state index contributed by atoms with van der Waals surface area (Å²) in [4.78, 5) is 22.2. The highest BCUT2D eigenvalue weighted by atomic mass is 32.2. The van der Waals surface area contributed by atoms with Gasteiger partial charge in [0.25, 0.3) is 0 Å². The topological polar surface area (TPSA) is 93.5 Å². The molecule has 20 heavy (non-hydrogen) atoms. The highest BCUT2D eigenvalue weighted by molar-refractivity contribution is 7.98. The van der Waals surface area contributed by atoms with Crippen LogP contribution in [0.25, 0.3) is 11.0 Å². The Morgan fingerprint density at radius 1 is 1.45 bits per heavy atom. The molecule has 1 heterocycles. The second-order valence-electron chi connectivity index (χ2n) is 4.55. The van der Waals surface area contributed by atoms with Crippen molar-refractivity contribution < 1.29 is 14.3 Å². The third-order valence-electron chi connectivity index (χ3n) is 2.86. The minimum Gasteiger partial charge on any atom is -0.480 e. The molecular weight excluding hydrogens is 278 g/mol. The standard InChI is InChI=1S/C14H15NO4S/c1-8-2-3-10-9(5-13(16)19-12(10)4-8)6-20-7-11(15)14(17)18/h2-5,11H,6-7,15H2,1H3,(H,17,18)/t11-/m1/s1. The fourth-order valence-electron chi connectivity index (χ4n) is 1.82. The van der Waals surface area contributed by atoms with Crippen molar-refractivity contribution >= 4 is 28.7 Å².